The van der Waals surface area contributed by atoms with Crippen LogP contribution < -0.4 is 10.1 Å². The molecule has 3 nitrogen and oxygen atoms in total. The van der Waals surface area contributed by atoms with Crippen molar-refractivity contribution in [1.82, 2.24) is 5.32 Å². The first-order valence-electron chi connectivity index (χ1n) is 5.97. The van der Waals surface area contributed by atoms with E-state index < -0.39 is 0 Å². The van der Waals surface area contributed by atoms with Crippen molar-refractivity contribution < 1.29 is 9.53 Å². The Labute approximate surface area is 113 Å². The van der Waals surface area contributed by atoms with Crippen molar-refractivity contribution in [3.63, 3.8) is 0 Å². The summed E-state index contributed by atoms with van der Waals surface area (Å²) in [6.07, 6.45) is 1.73. The van der Waals surface area contributed by atoms with E-state index in [-0.39, 0.29) is 17.3 Å². The number of halogens is 1. The van der Waals surface area contributed by atoms with Crippen LogP contribution in [-0.2, 0) is 11.2 Å². The number of hydrogen-bond acceptors (Lipinski definition) is 2. The Balaban J connectivity index is 2.55. The quantitative estimate of drug-likeness (QED) is 0.807. The molecule has 0 saturated carbocycles. The first-order valence-corrected chi connectivity index (χ1v) is 6.50. The van der Waals surface area contributed by atoms with Crippen LogP contribution in [0, 0.1) is 0 Å². The van der Waals surface area contributed by atoms with Crippen LogP contribution in [-0.4, -0.2) is 24.4 Å². The van der Waals surface area contributed by atoms with Gasteiger partial charge in [-0.3, -0.25) is 4.79 Å². The van der Waals surface area contributed by atoms with Gasteiger partial charge in [-0.15, -0.1) is 11.6 Å². The zero-order chi connectivity index (χ0) is 13.6. The molecule has 4 heteroatoms. The predicted molar refractivity (Wildman–Crippen MR) is 74.3 cm³/mol. The third-order valence-electron chi connectivity index (χ3n) is 2.77. The van der Waals surface area contributed by atoms with Crippen molar-refractivity contribution >= 4 is 17.5 Å². The van der Waals surface area contributed by atoms with Crippen molar-refractivity contribution in [2.24, 2.45) is 0 Å². The van der Waals surface area contributed by atoms with Gasteiger partial charge in [-0.1, -0.05) is 12.1 Å². The SMILES string of the molecule is COc1cccc(CCC(C)(C)NC(=O)CCl)c1. The number of carbonyl (C=O) groups is 1. The highest BCUT2D eigenvalue weighted by atomic mass is 35.5. The van der Waals surface area contributed by atoms with Crippen molar-refractivity contribution in [3.8, 4) is 5.75 Å². The number of amides is 1. The molecular formula is C14H20ClNO2. The molecule has 0 radical (unpaired) electrons. The molecule has 0 spiro atoms. The highest BCUT2D eigenvalue weighted by Gasteiger charge is 2.19. The number of methoxy groups -OCH3 is 1. The minimum Gasteiger partial charge on any atom is -0.497 e. The Morgan fingerprint density at radius 1 is 1.44 bits per heavy atom. The van der Waals surface area contributed by atoms with Crippen LogP contribution in [0.15, 0.2) is 24.3 Å². The van der Waals surface area contributed by atoms with Gasteiger partial charge in [-0.2, -0.15) is 0 Å². The molecule has 0 aliphatic rings. The summed E-state index contributed by atoms with van der Waals surface area (Å²) in [5.74, 6) is 0.727. The van der Waals surface area contributed by atoms with E-state index in [2.05, 4.69) is 11.4 Å². The van der Waals surface area contributed by atoms with Gasteiger partial charge in [0, 0.05) is 5.54 Å². The lowest BCUT2D eigenvalue weighted by molar-refractivity contribution is -0.120. The van der Waals surface area contributed by atoms with E-state index in [1.54, 1.807) is 7.11 Å². The first kappa shape index (κ1) is 14.8. The standard InChI is InChI=1S/C14H20ClNO2/c1-14(2,16-13(17)10-15)8-7-11-5-4-6-12(9-11)18-3/h4-6,9H,7-8,10H2,1-3H3,(H,16,17). The van der Waals surface area contributed by atoms with E-state index in [1.807, 2.05) is 32.0 Å². The molecule has 1 rings (SSSR count). The minimum atomic E-state index is -0.255. The van der Waals surface area contributed by atoms with Gasteiger partial charge in [0.25, 0.3) is 0 Å². The summed E-state index contributed by atoms with van der Waals surface area (Å²) >= 11 is 5.49. The van der Waals surface area contributed by atoms with Crippen LogP contribution in [0.25, 0.3) is 0 Å². The fourth-order valence-corrected chi connectivity index (χ4v) is 1.82. The number of alkyl halides is 1. The Bertz CT molecular complexity index is 405. The second kappa shape index (κ2) is 6.64. The largest absolute Gasteiger partial charge is 0.497 e. The van der Waals surface area contributed by atoms with Gasteiger partial charge in [0.05, 0.1) is 7.11 Å². The molecule has 0 unspecified atom stereocenters. The fraction of sp³-hybridized carbons (Fsp3) is 0.500. The zero-order valence-electron chi connectivity index (χ0n) is 11.1. The Morgan fingerprint density at radius 2 is 2.17 bits per heavy atom. The van der Waals surface area contributed by atoms with Gasteiger partial charge >= 0.3 is 0 Å². The second-order valence-electron chi connectivity index (χ2n) is 4.92. The maximum atomic E-state index is 11.3. The van der Waals surface area contributed by atoms with Crippen LogP contribution in [0.5, 0.6) is 5.75 Å². The van der Waals surface area contributed by atoms with E-state index in [9.17, 15) is 4.79 Å². The topological polar surface area (TPSA) is 38.3 Å². The summed E-state index contributed by atoms with van der Waals surface area (Å²) in [6, 6.07) is 7.96. The summed E-state index contributed by atoms with van der Waals surface area (Å²) in [7, 11) is 1.66. The summed E-state index contributed by atoms with van der Waals surface area (Å²) in [4.78, 5) is 11.3. The molecule has 0 aliphatic heterocycles. The van der Waals surface area contributed by atoms with Crippen LogP contribution >= 0.6 is 11.6 Å². The molecule has 0 fully saturated rings. The van der Waals surface area contributed by atoms with Crippen LogP contribution in [0.3, 0.4) is 0 Å². The molecule has 1 N–H and O–H groups in total. The summed E-state index contributed by atoms with van der Waals surface area (Å²) in [5, 5.41) is 2.90. The highest BCUT2D eigenvalue weighted by molar-refractivity contribution is 6.27. The van der Waals surface area contributed by atoms with Gasteiger partial charge in [0.2, 0.25) is 5.91 Å². The maximum Gasteiger partial charge on any atom is 0.235 e. The summed E-state index contributed by atoms with van der Waals surface area (Å²) in [6.45, 7) is 4.00. The number of nitrogens with one attached hydrogen (secondary N) is 1. The van der Waals surface area contributed by atoms with Crippen LogP contribution in [0.1, 0.15) is 25.8 Å². The van der Waals surface area contributed by atoms with Gasteiger partial charge in [-0.05, 0) is 44.4 Å². The van der Waals surface area contributed by atoms with E-state index in [0.29, 0.717) is 0 Å². The molecule has 0 bridgehead atoms. The monoisotopic (exact) mass is 269 g/mol. The lowest BCUT2D eigenvalue weighted by atomic mass is 9.95. The number of aryl methyl sites for hydroxylation is 1. The summed E-state index contributed by atoms with van der Waals surface area (Å²) in [5.41, 5.74) is 0.942. The van der Waals surface area contributed by atoms with Gasteiger partial charge in [0.1, 0.15) is 11.6 Å². The third kappa shape index (κ3) is 4.96. The van der Waals surface area contributed by atoms with Gasteiger partial charge < -0.3 is 10.1 Å². The average Bonchev–Trinajstić information content (AvgIpc) is 2.36. The molecule has 0 atom stereocenters. The van der Waals surface area contributed by atoms with Crippen molar-refractivity contribution in [3.05, 3.63) is 29.8 Å². The lowest BCUT2D eigenvalue weighted by Gasteiger charge is -2.26. The molecule has 0 saturated heterocycles. The second-order valence-corrected chi connectivity index (χ2v) is 5.18. The molecule has 18 heavy (non-hydrogen) atoms. The van der Waals surface area contributed by atoms with E-state index in [1.165, 1.54) is 5.56 Å². The van der Waals surface area contributed by atoms with Crippen molar-refractivity contribution in [2.75, 3.05) is 13.0 Å². The molecular weight excluding hydrogens is 250 g/mol. The number of benzene rings is 1. The number of ether oxygens (including phenoxy) is 1. The molecule has 1 aromatic carbocycles. The van der Waals surface area contributed by atoms with E-state index in [0.717, 1.165) is 18.6 Å². The smallest absolute Gasteiger partial charge is 0.235 e. The first-order chi connectivity index (χ1) is 8.46. The molecule has 1 aromatic rings. The maximum absolute atomic E-state index is 11.3. The zero-order valence-corrected chi connectivity index (χ0v) is 11.9. The number of rotatable bonds is 6. The van der Waals surface area contributed by atoms with Crippen molar-refractivity contribution in [2.45, 2.75) is 32.2 Å². The normalized spacial score (nSPS) is 11.1. The lowest BCUT2D eigenvalue weighted by Crippen LogP contribution is -2.44. The average molecular weight is 270 g/mol. The Hall–Kier alpha value is -1.22. The molecule has 0 heterocycles. The van der Waals surface area contributed by atoms with E-state index in [4.69, 9.17) is 16.3 Å². The molecule has 0 aliphatic carbocycles. The summed E-state index contributed by atoms with van der Waals surface area (Å²) < 4.78 is 5.18. The van der Waals surface area contributed by atoms with E-state index >= 15 is 0 Å². The molecule has 1 amide bonds. The minimum absolute atomic E-state index is 0.00257. The van der Waals surface area contributed by atoms with Crippen molar-refractivity contribution in [1.29, 1.82) is 0 Å². The van der Waals surface area contributed by atoms with Gasteiger partial charge in [-0.25, -0.2) is 0 Å². The Morgan fingerprint density at radius 3 is 2.78 bits per heavy atom. The Kier molecular flexibility index (Phi) is 5.48. The number of carbonyl (C=O) groups excluding carboxylic acids is 1. The molecule has 0 aromatic heterocycles. The third-order valence-corrected chi connectivity index (χ3v) is 3.01. The highest BCUT2D eigenvalue weighted by Crippen LogP contribution is 2.17. The van der Waals surface area contributed by atoms with Crippen LogP contribution in [0.4, 0.5) is 0 Å². The molecule has 100 valence electrons. The van der Waals surface area contributed by atoms with Crippen LogP contribution in [0.2, 0.25) is 0 Å². The fourth-order valence-electron chi connectivity index (χ4n) is 1.76. The number of hydrogen-bond donors (Lipinski definition) is 1. The predicted octanol–water partition coefficient (Wildman–Crippen LogP) is 2.76. The van der Waals surface area contributed by atoms with Gasteiger partial charge in [0.15, 0.2) is 0 Å².